The van der Waals surface area contributed by atoms with E-state index in [1.54, 1.807) is 42.6 Å². The summed E-state index contributed by atoms with van der Waals surface area (Å²) in [7, 11) is 0. The zero-order chi connectivity index (χ0) is 72.6. The monoisotopic (exact) mass is 1500 g/mol. The molecule has 6 N–H and O–H groups in total. The minimum absolute atomic E-state index is 0.0894. The number of rotatable bonds is 13. The van der Waals surface area contributed by atoms with Gasteiger partial charge in [-0.05, 0) is 245 Å². The molecule has 6 aromatic heterocycles. The summed E-state index contributed by atoms with van der Waals surface area (Å²) in [6, 6.07) is 27.8. The number of hydrogen-bond donors (Lipinski definition) is 6. The van der Waals surface area contributed by atoms with Gasteiger partial charge in [-0.3, -0.25) is 29.7 Å². The van der Waals surface area contributed by atoms with E-state index in [0.29, 0.717) is 55.6 Å². The molecule has 548 valence electrons. The number of nitrogens with one attached hydrogen (secondary N) is 3. The SMILES string of the molecule is O=C(O)C1CC(Cc2c(C3CCOCC3)n(-c3ccc(F)c(Cl)c3)c3cc4cn[nH]c4cc23)C1.O=C(O)C1CC2(C1)CC(c1c(C3CCOCC3)n(-c3ccc(F)c(Cl)c3)c3cc4cn[nH]c4cc13)C2.O=C(O)C1CC2(C1)CC(c1c(C3CCOCC3)n(-c3ccc(F)c(Cl)c3)c3cc4cn[nH]c4cc13)C2. The molecule has 24 heteroatoms. The van der Waals surface area contributed by atoms with E-state index in [-0.39, 0.29) is 49.6 Å². The number of hydrogen-bond acceptors (Lipinski definition) is 9. The maximum absolute atomic E-state index is 14.2. The van der Waals surface area contributed by atoms with E-state index in [1.165, 1.54) is 62.7 Å². The zero-order valence-electron chi connectivity index (χ0n) is 58.1. The van der Waals surface area contributed by atoms with Crippen LogP contribution in [0.15, 0.2) is 110 Å². The molecule has 106 heavy (non-hydrogen) atoms. The normalized spacial score (nSPS) is 24.7. The molecule has 6 aromatic carbocycles. The number of benzene rings is 6. The molecular weight excluding hydrogens is 1420 g/mol. The summed E-state index contributed by atoms with van der Waals surface area (Å²) < 4.78 is 66.3. The molecule has 8 aliphatic rings. The highest BCUT2D eigenvalue weighted by molar-refractivity contribution is 6.31. The van der Waals surface area contributed by atoms with Crippen LogP contribution in [0.4, 0.5) is 13.2 Å². The molecule has 3 saturated heterocycles. The number of aromatic amines is 3. The largest absolute Gasteiger partial charge is 0.481 e. The van der Waals surface area contributed by atoms with Crippen molar-refractivity contribution in [2.24, 2.45) is 34.5 Å². The Bertz CT molecular complexity index is 5240. The van der Waals surface area contributed by atoms with Crippen molar-refractivity contribution in [2.45, 2.75) is 139 Å². The van der Waals surface area contributed by atoms with Gasteiger partial charge in [0.2, 0.25) is 0 Å². The number of aliphatic carboxylic acids is 3. The summed E-state index contributed by atoms with van der Waals surface area (Å²) in [5.74, 6) is -2.04. The smallest absolute Gasteiger partial charge is 0.306 e. The van der Waals surface area contributed by atoms with Gasteiger partial charge in [0.1, 0.15) is 17.5 Å². The Hall–Kier alpha value is -8.70. The van der Waals surface area contributed by atoms with Crippen LogP contribution in [0.1, 0.15) is 166 Å². The van der Waals surface area contributed by atoms with E-state index in [1.807, 2.05) is 12.4 Å². The maximum atomic E-state index is 14.2. The minimum Gasteiger partial charge on any atom is -0.481 e. The number of H-pyrrole nitrogens is 3. The van der Waals surface area contributed by atoms with Crippen molar-refractivity contribution in [1.82, 2.24) is 44.3 Å². The molecule has 9 heterocycles. The number of carboxylic acids is 3. The van der Waals surface area contributed by atoms with Crippen molar-refractivity contribution >= 4 is 118 Å². The Balaban J connectivity index is 0.000000113. The summed E-state index contributed by atoms with van der Waals surface area (Å²) in [6.07, 6.45) is 20.4. The van der Waals surface area contributed by atoms with E-state index in [9.17, 15) is 42.9 Å². The average molecular weight is 1500 g/mol. The number of ether oxygens (including phenoxy) is 3. The maximum Gasteiger partial charge on any atom is 0.306 e. The predicted octanol–water partition coefficient (Wildman–Crippen LogP) is 18.9. The molecule has 20 rings (SSSR count). The van der Waals surface area contributed by atoms with Gasteiger partial charge in [0, 0.05) is 124 Å². The number of aromatic nitrogens is 9. The van der Waals surface area contributed by atoms with Gasteiger partial charge in [-0.15, -0.1) is 0 Å². The van der Waals surface area contributed by atoms with Crippen LogP contribution in [0.5, 0.6) is 0 Å². The van der Waals surface area contributed by atoms with Crippen LogP contribution in [-0.4, -0.2) is 117 Å². The highest BCUT2D eigenvalue weighted by Gasteiger charge is 2.58. The molecule has 0 unspecified atom stereocenters. The summed E-state index contributed by atoms with van der Waals surface area (Å²) in [5.41, 5.74) is 16.6. The van der Waals surface area contributed by atoms with Crippen LogP contribution in [0.3, 0.4) is 0 Å². The molecule has 3 aliphatic heterocycles. The van der Waals surface area contributed by atoms with Gasteiger partial charge in [-0.2, -0.15) is 15.3 Å². The topological polar surface area (TPSA) is 240 Å². The summed E-state index contributed by atoms with van der Waals surface area (Å²) in [4.78, 5) is 34.3. The lowest BCUT2D eigenvalue weighted by Crippen LogP contribution is -2.49. The van der Waals surface area contributed by atoms with Gasteiger partial charge in [-0.25, -0.2) is 13.2 Å². The summed E-state index contributed by atoms with van der Waals surface area (Å²) >= 11 is 18.8. The lowest BCUT2D eigenvalue weighted by Gasteiger charge is -2.57. The van der Waals surface area contributed by atoms with Crippen LogP contribution in [0, 0.1) is 52.0 Å². The first kappa shape index (κ1) is 69.1. The van der Waals surface area contributed by atoms with Crippen LogP contribution in [-0.2, 0) is 35.0 Å². The van der Waals surface area contributed by atoms with Crippen molar-refractivity contribution in [3.05, 3.63) is 176 Å². The first-order chi connectivity index (χ1) is 51.3. The quantitative estimate of drug-likeness (QED) is 0.0632. The second-order valence-electron chi connectivity index (χ2n) is 31.6. The number of fused-ring (bicyclic) bond motifs is 6. The fourth-order valence-corrected chi connectivity index (χ4v) is 20.6. The van der Waals surface area contributed by atoms with Gasteiger partial charge in [0.05, 0.1) is 84.5 Å². The molecule has 2 spiro atoms. The van der Waals surface area contributed by atoms with E-state index in [4.69, 9.17) is 49.0 Å². The fourth-order valence-electron chi connectivity index (χ4n) is 20.0. The Labute approximate surface area is 621 Å². The Morgan fingerprint density at radius 3 is 1.11 bits per heavy atom. The van der Waals surface area contributed by atoms with Gasteiger partial charge >= 0.3 is 17.9 Å². The fraction of sp³-hybridized carbons (Fsp3) is 0.415. The van der Waals surface area contributed by atoms with E-state index >= 15 is 0 Å². The van der Waals surface area contributed by atoms with Crippen molar-refractivity contribution in [3.63, 3.8) is 0 Å². The predicted molar refractivity (Wildman–Crippen MR) is 399 cm³/mol. The minimum atomic E-state index is -0.705. The number of nitrogens with zero attached hydrogens (tertiary/aromatic N) is 6. The molecule has 8 fully saturated rings. The van der Waals surface area contributed by atoms with Crippen molar-refractivity contribution in [3.8, 4) is 17.1 Å². The Morgan fingerprint density at radius 1 is 0.434 bits per heavy atom. The van der Waals surface area contributed by atoms with E-state index in [2.05, 4.69) is 80.7 Å². The van der Waals surface area contributed by atoms with Crippen LogP contribution in [0.2, 0.25) is 15.1 Å². The first-order valence-electron chi connectivity index (χ1n) is 37.1. The second-order valence-corrected chi connectivity index (χ2v) is 32.8. The van der Waals surface area contributed by atoms with Gasteiger partial charge in [0.25, 0.3) is 0 Å². The highest BCUT2D eigenvalue weighted by atomic mass is 35.5. The molecule has 0 bridgehead atoms. The van der Waals surface area contributed by atoms with Crippen molar-refractivity contribution < 1.29 is 57.1 Å². The molecule has 0 amide bonds. The third-order valence-electron chi connectivity index (χ3n) is 25.2. The number of carbonyl (C=O) groups is 3. The lowest BCUT2D eigenvalue weighted by atomic mass is 9.47. The van der Waals surface area contributed by atoms with Crippen molar-refractivity contribution in [1.29, 1.82) is 0 Å². The van der Waals surface area contributed by atoms with Gasteiger partial charge in [-0.1, -0.05) is 34.8 Å². The molecule has 12 aromatic rings. The van der Waals surface area contributed by atoms with E-state index in [0.717, 1.165) is 194 Å². The van der Waals surface area contributed by atoms with Gasteiger partial charge in [0.15, 0.2) is 0 Å². The average Bonchev–Trinajstić information content (AvgIpc) is 1.39. The molecule has 5 saturated carbocycles. The third kappa shape index (κ3) is 12.1. The molecular formula is C82H79Cl3F3N9O9. The summed E-state index contributed by atoms with van der Waals surface area (Å²) in [6.45, 7) is 4.27. The Kier molecular flexibility index (Phi) is 17.7. The number of halogens is 6. The lowest BCUT2D eigenvalue weighted by molar-refractivity contribution is -0.156. The third-order valence-corrected chi connectivity index (χ3v) is 26.1. The van der Waals surface area contributed by atoms with Crippen LogP contribution in [0.25, 0.3) is 82.5 Å². The molecule has 5 aliphatic carbocycles. The molecule has 0 radical (unpaired) electrons. The zero-order valence-corrected chi connectivity index (χ0v) is 60.4. The van der Waals surface area contributed by atoms with Gasteiger partial charge < -0.3 is 43.2 Å². The molecule has 18 nitrogen and oxygen atoms in total. The van der Waals surface area contributed by atoms with Crippen molar-refractivity contribution in [2.75, 3.05) is 39.6 Å². The summed E-state index contributed by atoms with van der Waals surface area (Å²) in [5, 5.41) is 57.0. The second kappa shape index (κ2) is 27.2. The van der Waals surface area contributed by atoms with E-state index < -0.39 is 35.4 Å². The van der Waals surface area contributed by atoms with Crippen LogP contribution < -0.4 is 0 Å². The van der Waals surface area contributed by atoms with Crippen LogP contribution >= 0.6 is 34.8 Å². The molecule has 0 atom stereocenters. The Morgan fingerprint density at radius 2 is 0.764 bits per heavy atom. The number of carboxylic acid groups (broad SMARTS) is 3. The first-order valence-corrected chi connectivity index (χ1v) is 38.3. The highest BCUT2D eigenvalue weighted by Crippen LogP contribution is 2.67. The standard InChI is InChI=1S/2C28H27ClFN3O3.C26H25ClFN3O3/c2*29-21-8-19(1-2-22(21)30)33-24-7-16-14-31-32-23(16)9-20(24)25(26(33)15-3-5-36-6-4-15)17-10-28(11-17)12-18(13-28)27(34)35;27-21-11-18(1-2-22(21)28)31-24-10-17-13-29-30-23(17)12-19(24)20(9-14-7-16(8-14)26(32)33)25(31)15-3-5-34-6-4-15/h2*1-2,7-9,14-15,17-18H,3-6,10-13H2,(H,31,32)(H,34,35);1-2,10-16H,3-9H2,(H,29,30)(H,32,33).